The molecule has 8 heteroatoms. The van der Waals surface area contributed by atoms with Crippen molar-refractivity contribution < 1.29 is 14.3 Å². The lowest BCUT2D eigenvalue weighted by Crippen LogP contribution is -2.45. The van der Waals surface area contributed by atoms with E-state index in [2.05, 4.69) is 10.3 Å². The molecule has 28 heavy (non-hydrogen) atoms. The summed E-state index contributed by atoms with van der Waals surface area (Å²) in [7, 11) is 7.10. The van der Waals surface area contributed by atoms with Crippen LogP contribution in [-0.4, -0.2) is 75.7 Å². The second-order valence-corrected chi connectivity index (χ2v) is 7.00. The average molecular weight is 504 g/mol. The van der Waals surface area contributed by atoms with Crippen LogP contribution in [0.2, 0.25) is 0 Å². The molecule has 1 aliphatic rings. The van der Waals surface area contributed by atoms with E-state index in [1.807, 2.05) is 36.2 Å². The molecule has 0 heterocycles. The maximum atomic E-state index is 11.9. The number of hydrogen-bond donors (Lipinski definition) is 1. The SMILES string of the molecule is COc1ccc(OCCN(C)C(=NCC(=O)N(C)C)NC2CCCC2)cc1.I. The van der Waals surface area contributed by atoms with E-state index >= 15 is 0 Å². The zero-order valence-electron chi connectivity index (χ0n) is 17.3. The van der Waals surface area contributed by atoms with Crippen molar-refractivity contribution in [3.05, 3.63) is 24.3 Å². The highest BCUT2D eigenvalue weighted by Crippen LogP contribution is 2.18. The van der Waals surface area contributed by atoms with Crippen molar-refractivity contribution in [3.63, 3.8) is 0 Å². The number of carbonyl (C=O) groups excluding carboxylic acids is 1. The van der Waals surface area contributed by atoms with Crippen molar-refractivity contribution in [2.75, 3.05) is 47.9 Å². The van der Waals surface area contributed by atoms with Crippen molar-refractivity contribution in [1.82, 2.24) is 15.1 Å². The number of halogens is 1. The Kier molecular flexibility index (Phi) is 11.0. The fraction of sp³-hybridized carbons (Fsp3) is 0.600. The van der Waals surface area contributed by atoms with Gasteiger partial charge in [-0.05, 0) is 37.1 Å². The van der Waals surface area contributed by atoms with Crippen molar-refractivity contribution in [3.8, 4) is 11.5 Å². The summed E-state index contributed by atoms with van der Waals surface area (Å²) in [5.41, 5.74) is 0. The molecule has 0 spiro atoms. The van der Waals surface area contributed by atoms with Gasteiger partial charge < -0.3 is 24.6 Å². The van der Waals surface area contributed by atoms with E-state index in [0.29, 0.717) is 19.2 Å². The Balaban J connectivity index is 0.00000392. The summed E-state index contributed by atoms with van der Waals surface area (Å²) in [6.07, 6.45) is 4.78. The number of carbonyl (C=O) groups is 1. The monoisotopic (exact) mass is 504 g/mol. The molecule has 1 aromatic rings. The molecular weight excluding hydrogens is 471 g/mol. The van der Waals surface area contributed by atoms with Crippen LogP contribution in [0.4, 0.5) is 0 Å². The lowest BCUT2D eigenvalue weighted by Gasteiger charge is -2.25. The van der Waals surface area contributed by atoms with Gasteiger partial charge in [-0.25, -0.2) is 4.99 Å². The first-order valence-corrected chi connectivity index (χ1v) is 9.48. The molecule has 0 unspecified atom stereocenters. The Morgan fingerprint density at radius 1 is 1.14 bits per heavy atom. The van der Waals surface area contributed by atoms with Gasteiger partial charge in [-0.1, -0.05) is 12.8 Å². The smallest absolute Gasteiger partial charge is 0.243 e. The molecule has 158 valence electrons. The maximum absolute atomic E-state index is 11.9. The van der Waals surface area contributed by atoms with E-state index < -0.39 is 0 Å². The van der Waals surface area contributed by atoms with Crippen molar-refractivity contribution in [2.45, 2.75) is 31.7 Å². The van der Waals surface area contributed by atoms with Crippen molar-refractivity contribution >= 4 is 35.8 Å². The minimum atomic E-state index is -0.0106. The van der Waals surface area contributed by atoms with Crippen molar-refractivity contribution in [1.29, 1.82) is 0 Å². The van der Waals surface area contributed by atoms with Crippen LogP contribution in [0.3, 0.4) is 0 Å². The third-order valence-electron chi connectivity index (χ3n) is 4.67. The zero-order chi connectivity index (χ0) is 19.6. The molecule has 2 rings (SSSR count). The number of likely N-dealkylation sites (N-methyl/N-ethyl adjacent to an activating group) is 2. The summed E-state index contributed by atoms with van der Waals surface area (Å²) in [6, 6.07) is 7.96. The van der Waals surface area contributed by atoms with Crippen LogP contribution in [0, 0.1) is 0 Å². The average Bonchev–Trinajstić information content (AvgIpc) is 3.18. The molecule has 1 aliphatic carbocycles. The standard InChI is InChI=1S/C20H32N4O3.HI/c1-23(2)19(25)15-21-20(22-16-7-5-6-8-16)24(3)13-14-27-18-11-9-17(26-4)10-12-18;/h9-12,16H,5-8,13-15H2,1-4H3,(H,21,22);1H. The molecule has 7 nitrogen and oxygen atoms in total. The number of amides is 1. The predicted molar refractivity (Wildman–Crippen MR) is 123 cm³/mol. The summed E-state index contributed by atoms with van der Waals surface area (Å²) in [6.45, 7) is 1.34. The number of rotatable bonds is 8. The lowest BCUT2D eigenvalue weighted by molar-refractivity contribution is -0.127. The first-order valence-electron chi connectivity index (χ1n) is 9.48. The van der Waals surface area contributed by atoms with Crippen LogP contribution < -0.4 is 14.8 Å². The van der Waals surface area contributed by atoms with Gasteiger partial charge in [-0.2, -0.15) is 0 Å². The maximum Gasteiger partial charge on any atom is 0.243 e. The molecule has 0 atom stereocenters. The predicted octanol–water partition coefficient (Wildman–Crippen LogP) is 2.60. The summed E-state index contributed by atoms with van der Waals surface area (Å²) >= 11 is 0. The molecule has 0 bridgehead atoms. The normalized spacial score (nSPS) is 14.2. The number of hydrogen-bond acceptors (Lipinski definition) is 4. The van der Waals surface area contributed by atoms with E-state index in [1.54, 1.807) is 26.1 Å². The van der Waals surface area contributed by atoms with Gasteiger partial charge in [-0.3, -0.25) is 4.79 Å². The van der Waals surface area contributed by atoms with E-state index in [4.69, 9.17) is 9.47 Å². The van der Waals surface area contributed by atoms with Gasteiger partial charge in [-0.15, -0.1) is 24.0 Å². The van der Waals surface area contributed by atoms with Gasteiger partial charge in [0, 0.05) is 27.2 Å². The van der Waals surface area contributed by atoms with E-state index in [0.717, 1.165) is 30.3 Å². The first kappa shape index (κ1) is 24.3. The van der Waals surface area contributed by atoms with Crippen LogP contribution in [0.5, 0.6) is 11.5 Å². The van der Waals surface area contributed by atoms with Gasteiger partial charge >= 0.3 is 0 Å². The van der Waals surface area contributed by atoms with Gasteiger partial charge in [0.1, 0.15) is 24.7 Å². The zero-order valence-corrected chi connectivity index (χ0v) is 19.6. The summed E-state index contributed by atoms with van der Waals surface area (Å²) in [4.78, 5) is 20.0. The van der Waals surface area contributed by atoms with E-state index in [9.17, 15) is 4.79 Å². The van der Waals surface area contributed by atoms with E-state index in [-0.39, 0.29) is 36.4 Å². The molecule has 1 amide bonds. The van der Waals surface area contributed by atoms with Crippen LogP contribution in [0.25, 0.3) is 0 Å². The molecule has 1 saturated carbocycles. The third kappa shape index (κ3) is 8.12. The third-order valence-corrected chi connectivity index (χ3v) is 4.67. The topological polar surface area (TPSA) is 66.4 Å². The molecule has 1 aromatic carbocycles. The summed E-state index contributed by atoms with van der Waals surface area (Å²) in [5.74, 6) is 2.36. The van der Waals surface area contributed by atoms with Crippen LogP contribution in [0.15, 0.2) is 29.3 Å². The quantitative estimate of drug-likeness (QED) is 0.335. The highest BCUT2D eigenvalue weighted by atomic mass is 127. The first-order chi connectivity index (χ1) is 13.0. The molecular formula is C20H33IN4O3. The van der Waals surface area contributed by atoms with Gasteiger partial charge in [0.15, 0.2) is 5.96 Å². The second-order valence-electron chi connectivity index (χ2n) is 7.00. The molecule has 0 radical (unpaired) electrons. The second kappa shape index (κ2) is 12.7. The molecule has 1 fully saturated rings. The Morgan fingerprint density at radius 3 is 2.32 bits per heavy atom. The minimum absolute atomic E-state index is 0. The van der Waals surface area contributed by atoms with Gasteiger partial charge in [0.2, 0.25) is 5.91 Å². The largest absolute Gasteiger partial charge is 0.497 e. The van der Waals surface area contributed by atoms with E-state index in [1.165, 1.54) is 12.8 Å². The fourth-order valence-electron chi connectivity index (χ4n) is 2.89. The molecule has 1 N–H and O–H groups in total. The number of nitrogens with zero attached hydrogens (tertiary/aromatic N) is 3. The highest BCUT2D eigenvalue weighted by Gasteiger charge is 2.18. The minimum Gasteiger partial charge on any atom is -0.497 e. The Bertz CT molecular complexity index is 616. The van der Waals surface area contributed by atoms with Crippen LogP contribution >= 0.6 is 24.0 Å². The van der Waals surface area contributed by atoms with Gasteiger partial charge in [0.25, 0.3) is 0 Å². The summed E-state index contributed by atoms with van der Waals surface area (Å²) < 4.78 is 11.0. The lowest BCUT2D eigenvalue weighted by atomic mass is 10.2. The number of aliphatic imine (C=N–C) groups is 1. The molecule has 0 aliphatic heterocycles. The number of guanidine groups is 1. The number of ether oxygens (including phenoxy) is 2. The summed E-state index contributed by atoms with van der Waals surface area (Å²) in [5, 5.41) is 3.51. The number of methoxy groups -OCH3 is 1. The Hall–Kier alpha value is -1.71. The highest BCUT2D eigenvalue weighted by molar-refractivity contribution is 14.0. The van der Waals surface area contributed by atoms with Crippen LogP contribution in [0.1, 0.15) is 25.7 Å². The number of nitrogens with one attached hydrogen (secondary N) is 1. The molecule has 0 aromatic heterocycles. The Labute approximate surface area is 185 Å². The number of benzene rings is 1. The van der Waals surface area contributed by atoms with Crippen molar-refractivity contribution in [2.24, 2.45) is 4.99 Å². The fourth-order valence-corrected chi connectivity index (χ4v) is 2.89. The van der Waals surface area contributed by atoms with Gasteiger partial charge in [0.05, 0.1) is 13.7 Å². The Morgan fingerprint density at radius 2 is 1.75 bits per heavy atom. The van der Waals surface area contributed by atoms with Crippen LogP contribution in [-0.2, 0) is 4.79 Å². The molecule has 0 saturated heterocycles.